The summed E-state index contributed by atoms with van der Waals surface area (Å²) in [7, 11) is 0. The van der Waals surface area contributed by atoms with Crippen LogP contribution in [0.4, 0.5) is 26.3 Å². The number of hydrogen-bond acceptors (Lipinski definition) is 0. The largest absolute Gasteiger partial charge is 0.316 e. The smallest absolute Gasteiger partial charge is 0.206 e. The van der Waals surface area contributed by atoms with E-state index in [1.807, 2.05) is 0 Å². The molecule has 0 amide bonds. The van der Waals surface area contributed by atoms with E-state index in [1.165, 1.54) is 0 Å². The van der Waals surface area contributed by atoms with Gasteiger partial charge in [0.15, 0.2) is 0 Å². The summed E-state index contributed by atoms with van der Waals surface area (Å²) in [4.78, 5) is 0. The van der Waals surface area contributed by atoms with Crippen LogP contribution in [0.15, 0.2) is 0 Å². The first-order valence-electron chi connectivity index (χ1n) is 2.80. The van der Waals surface area contributed by atoms with Crippen LogP contribution < -0.4 is 0 Å². The van der Waals surface area contributed by atoms with E-state index in [0.29, 0.717) is 0 Å². The van der Waals surface area contributed by atoms with Crippen LogP contribution in [0, 0.1) is 0 Å². The van der Waals surface area contributed by atoms with Gasteiger partial charge in [-0.15, -0.1) is 0 Å². The molecule has 1 aliphatic rings. The molecule has 1 saturated carbocycles. The molecule has 0 atom stereocenters. The average Bonchev–Trinajstić information content (AvgIpc) is 1.66. The molecule has 0 aromatic rings. The van der Waals surface area contributed by atoms with Gasteiger partial charge in [0.1, 0.15) is 0 Å². The third-order valence-corrected chi connectivity index (χ3v) is 1.50. The van der Waals surface area contributed by atoms with Gasteiger partial charge in [-0.2, -0.15) is 17.6 Å². The Morgan fingerprint density at radius 3 is 1.00 bits per heavy atom. The van der Waals surface area contributed by atoms with Crippen molar-refractivity contribution in [2.75, 3.05) is 0 Å². The highest BCUT2D eigenvalue weighted by Crippen LogP contribution is 2.54. The van der Waals surface area contributed by atoms with Gasteiger partial charge in [0, 0.05) is 0 Å². The fourth-order valence-corrected chi connectivity index (χ4v) is 0.971. The summed E-state index contributed by atoms with van der Waals surface area (Å²) in [5.74, 6) is -13.1. The Morgan fingerprint density at radius 2 is 0.909 bits per heavy atom. The van der Waals surface area contributed by atoms with Gasteiger partial charge in [-0.05, 0) is 0 Å². The van der Waals surface area contributed by atoms with E-state index in [1.54, 1.807) is 0 Å². The lowest BCUT2D eigenvalue weighted by atomic mass is 10.2. The van der Waals surface area contributed by atoms with E-state index in [0.717, 1.165) is 0 Å². The second-order valence-corrected chi connectivity index (χ2v) is 2.62. The average molecular weight is 178 g/mol. The maximum atomic E-state index is 12.0. The fraction of sp³-hybridized carbons (Fsp3) is 1.00. The maximum absolute atomic E-state index is 12.0. The Bertz CT molecular complexity index is 154. The topological polar surface area (TPSA) is 0 Å². The Balaban J connectivity index is 2.89. The molecular formula is C5H4F6. The lowest BCUT2D eigenvalue weighted by Gasteiger charge is -2.15. The molecule has 0 N–H and O–H groups in total. The fourth-order valence-electron chi connectivity index (χ4n) is 0.971. The summed E-state index contributed by atoms with van der Waals surface area (Å²) < 4.78 is 71.9. The first-order valence-corrected chi connectivity index (χ1v) is 2.80. The third kappa shape index (κ3) is 1.30. The second-order valence-electron chi connectivity index (χ2n) is 2.62. The molecule has 0 bridgehead atoms. The van der Waals surface area contributed by atoms with Crippen molar-refractivity contribution in [2.45, 2.75) is 30.6 Å². The molecule has 0 nitrogen and oxygen atoms in total. The van der Waals surface area contributed by atoms with Crippen molar-refractivity contribution in [1.82, 2.24) is 0 Å². The minimum Gasteiger partial charge on any atom is -0.206 e. The van der Waals surface area contributed by atoms with Gasteiger partial charge in [0.05, 0.1) is 12.8 Å². The number of alkyl halides is 6. The van der Waals surface area contributed by atoms with Crippen molar-refractivity contribution in [3.63, 3.8) is 0 Å². The molecule has 0 radical (unpaired) electrons. The number of halogens is 6. The van der Waals surface area contributed by atoms with Crippen LogP contribution in [0.2, 0.25) is 0 Å². The molecule has 11 heavy (non-hydrogen) atoms. The Labute approximate surface area is 58.2 Å². The predicted octanol–water partition coefficient (Wildman–Crippen LogP) is 2.69. The van der Waals surface area contributed by atoms with Crippen LogP contribution in [-0.4, -0.2) is 17.8 Å². The van der Waals surface area contributed by atoms with Crippen molar-refractivity contribution in [1.29, 1.82) is 0 Å². The molecule has 0 heterocycles. The summed E-state index contributed by atoms with van der Waals surface area (Å²) in [5, 5.41) is 0. The first kappa shape index (κ1) is 8.67. The normalized spacial score (nSPS) is 32.2. The van der Waals surface area contributed by atoms with Gasteiger partial charge in [-0.1, -0.05) is 0 Å². The molecule has 0 spiro atoms. The van der Waals surface area contributed by atoms with E-state index >= 15 is 0 Å². The van der Waals surface area contributed by atoms with Gasteiger partial charge in [0.2, 0.25) is 0 Å². The number of rotatable bonds is 0. The lowest BCUT2D eigenvalue weighted by Crippen LogP contribution is -2.33. The van der Waals surface area contributed by atoms with Crippen LogP contribution in [0.5, 0.6) is 0 Å². The zero-order valence-corrected chi connectivity index (χ0v) is 5.18. The van der Waals surface area contributed by atoms with Crippen molar-refractivity contribution in [3.05, 3.63) is 0 Å². The number of hydrogen-bond donors (Lipinski definition) is 0. The van der Waals surface area contributed by atoms with Crippen molar-refractivity contribution in [3.8, 4) is 0 Å². The second kappa shape index (κ2) is 1.84. The van der Waals surface area contributed by atoms with E-state index in [-0.39, 0.29) is 0 Å². The Kier molecular flexibility index (Phi) is 1.45. The van der Waals surface area contributed by atoms with E-state index in [2.05, 4.69) is 0 Å². The summed E-state index contributed by atoms with van der Waals surface area (Å²) in [6.07, 6.45) is -4.10. The quantitative estimate of drug-likeness (QED) is 0.500. The van der Waals surface area contributed by atoms with Crippen molar-refractivity contribution in [2.24, 2.45) is 0 Å². The zero-order valence-electron chi connectivity index (χ0n) is 5.18. The van der Waals surface area contributed by atoms with Crippen molar-refractivity contribution >= 4 is 0 Å². The van der Waals surface area contributed by atoms with Gasteiger partial charge in [-0.3, -0.25) is 0 Å². The summed E-state index contributed by atoms with van der Waals surface area (Å²) in [6.45, 7) is 0. The highest BCUT2D eigenvalue weighted by molar-refractivity contribution is 5.00. The van der Waals surface area contributed by atoms with Crippen LogP contribution >= 0.6 is 0 Å². The Hall–Kier alpha value is -0.420. The molecule has 0 saturated heterocycles. The molecule has 1 aliphatic carbocycles. The van der Waals surface area contributed by atoms with Crippen LogP contribution in [0.1, 0.15) is 12.8 Å². The minimum absolute atomic E-state index is 2.05. The molecule has 0 unspecified atom stereocenters. The minimum atomic E-state index is -4.56. The molecular weight excluding hydrogens is 174 g/mol. The summed E-state index contributed by atoms with van der Waals surface area (Å²) in [5.41, 5.74) is 0. The summed E-state index contributed by atoms with van der Waals surface area (Å²) in [6, 6.07) is 0. The van der Waals surface area contributed by atoms with Gasteiger partial charge in [-0.25, -0.2) is 8.78 Å². The van der Waals surface area contributed by atoms with E-state index < -0.39 is 30.6 Å². The van der Waals surface area contributed by atoms with Gasteiger partial charge in [0.25, 0.3) is 5.92 Å². The highest BCUT2D eigenvalue weighted by atomic mass is 19.3. The van der Waals surface area contributed by atoms with E-state index in [4.69, 9.17) is 0 Å². The highest BCUT2D eigenvalue weighted by Gasteiger charge is 2.70. The molecule has 66 valence electrons. The molecule has 6 heteroatoms. The molecule has 0 aromatic heterocycles. The van der Waals surface area contributed by atoms with Crippen LogP contribution in [0.25, 0.3) is 0 Å². The monoisotopic (exact) mass is 178 g/mol. The van der Waals surface area contributed by atoms with Crippen molar-refractivity contribution < 1.29 is 26.3 Å². The maximum Gasteiger partial charge on any atom is 0.316 e. The summed E-state index contributed by atoms with van der Waals surface area (Å²) >= 11 is 0. The Morgan fingerprint density at radius 1 is 0.636 bits per heavy atom. The molecule has 1 rings (SSSR count). The molecule has 1 fully saturated rings. The first-order chi connectivity index (χ1) is 4.66. The molecule has 0 aromatic carbocycles. The lowest BCUT2D eigenvalue weighted by molar-refractivity contribution is -0.185. The van der Waals surface area contributed by atoms with Crippen LogP contribution in [0.3, 0.4) is 0 Å². The van der Waals surface area contributed by atoms with E-state index in [9.17, 15) is 26.3 Å². The van der Waals surface area contributed by atoms with Gasteiger partial charge < -0.3 is 0 Å². The molecule has 0 aliphatic heterocycles. The van der Waals surface area contributed by atoms with Gasteiger partial charge >= 0.3 is 11.8 Å². The van der Waals surface area contributed by atoms with Crippen LogP contribution in [-0.2, 0) is 0 Å². The predicted molar refractivity (Wildman–Crippen MR) is 24.1 cm³/mol. The zero-order chi connectivity index (χ0) is 8.91. The standard InChI is InChI=1S/C5H4F6/c6-3(7)1-4(8,9)5(10,11)2-3/h1-2H2. The SMILES string of the molecule is FC1(F)CC(F)(F)C(F)(F)C1. The third-order valence-electron chi connectivity index (χ3n) is 1.50.